The Labute approximate surface area is 73.2 Å². The van der Waals surface area contributed by atoms with Gasteiger partial charge in [-0.2, -0.15) is 14.0 Å². The first-order valence-corrected chi connectivity index (χ1v) is 1.90. The van der Waals surface area contributed by atoms with Crippen molar-refractivity contribution in [1.82, 2.24) is 0 Å². The molecule has 0 spiro atoms. The molecule has 0 aliphatic heterocycles. The summed E-state index contributed by atoms with van der Waals surface area (Å²) in [4.78, 5) is 0. The molecule has 0 saturated heterocycles. The van der Waals surface area contributed by atoms with Gasteiger partial charge in [-0.3, -0.25) is 0 Å². The van der Waals surface area contributed by atoms with Crippen molar-refractivity contribution in [2.45, 2.75) is 0 Å². The molecule has 7 heavy (non-hydrogen) atoms. The molecule has 0 heterocycles. The van der Waals surface area contributed by atoms with E-state index in [1.54, 1.807) is 0 Å². The van der Waals surface area contributed by atoms with Crippen molar-refractivity contribution in [2.75, 3.05) is 0 Å². The van der Waals surface area contributed by atoms with Crippen LogP contribution in [0.25, 0.3) is 0 Å². The van der Waals surface area contributed by atoms with Crippen molar-refractivity contribution >= 4 is 27.3 Å². The zero-order valence-corrected chi connectivity index (χ0v) is 10.7. The molecule has 0 rings (SSSR count). The maximum absolute atomic E-state index is 8.60. The molecule has 0 aliphatic carbocycles. The summed E-state index contributed by atoms with van der Waals surface area (Å²) in [7, 11) is -4.69. The Hall–Kier alpha value is 1.58. The van der Waals surface area contributed by atoms with Gasteiger partial charge in [0.25, 0.3) is 0 Å². The molecule has 4 nitrogen and oxygen atoms in total. The summed E-state index contributed by atoms with van der Waals surface area (Å²) < 4.78 is 32.7. The fourth-order valence-corrected chi connectivity index (χ4v) is 0. The quantitative estimate of drug-likeness (QED) is 0.437. The minimum absolute atomic E-state index is 0. The van der Waals surface area contributed by atoms with E-state index in [0.717, 1.165) is 0 Å². The van der Waals surface area contributed by atoms with E-state index < -0.39 is 10.2 Å². The topological polar surface area (TPSA) is 89.4 Å². The van der Waals surface area contributed by atoms with E-state index >= 15 is 0 Å². The molecule has 0 atom stereocenters. The van der Waals surface area contributed by atoms with Crippen LogP contribution in [-0.4, -0.2) is 32.0 Å². The van der Waals surface area contributed by atoms with Gasteiger partial charge in [-0.05, 0) is 0 Å². The first-order valence-electron chi connectivity index (χ1n) is 0.632. The second kappa shape index (κ2) is 5.72. The third-order valence-corrected chi connectivity index (χ3v) is 0. The van der Waals surface area contributed by atoms with Crippen LogP contribution < -0.4 is 14.0 Å². The molecular formula is H3ClCrO4Pb. The summed E-state index contributed by atoms with van der Waals surface area (Å²) in [6.45, 7) is 0. The van der Waals surface area contributed by atoms with Crippen LogP contribution in [0.3, 0.4) is 0 Å². The summed E-state index contributed by atoms with van der Waals surface area (Å²) >= 11 is 0. The van der Waals surface area contributed by atoms with Crippen LogP contribution in [0.5, 0.6) is 0 Å². The van der Waals surface area contributed by atoms with Gasteiger partial charge in [0.15, 0.2) is 0 Å². The van der Waals surface area contributed by atoms with E-state index in [2.05, 4.69) is 0 Å². The summed E-state index contributed by atoms with van der Waals surface area (Å²) in [6.07, 6.45) is 0. The molecule has 0 amide bonds. The molecule has 0 saturated carbocycles. The molecule has 0 bridgehead atoms. The van der Waals surface area contributed by atoms with Gasteiger partial charge in [0.1, 0.15) is 0 Å². The second-order valence-corrected chi connectivity index (χ2v) is 1.19. The number of rotatable bonds is 0. The van der Waals surface area contributed by atoms with Crippen LogP contribution >= 0.6 is 0 Å². The molecular weight excluding hydrogens is 359 g/mol. The van der Waals surface area contributed by atoms with E-state index in [1.165, 1.54) is 0 Å². The Balaban J connectivity index is -0.0000000800. The first kappa shape index (κ1) is 15.8. The summed E-state index contributed by atoms with van der Waals surface area (Å²) in [6, 6.07) is 0. The van der Waals surface area contributed by atoms with Gasteiger partial charge >= 0.3 is 27.3 Å². The van der Waals surface area contributed by atoms with E-state index in [1.807, 2.05) is 0 Å². The predicted molar refractivity (Wildman–Crippen MR) is 10.8 cm³/mol. The van der Waals surface area contributed by atoms with E-state index in [0.29, 0.717) is 0 Å². The van der Waals surface area contributed by atoms with Crippen molar-refractivity contribution in [1.29, 1.82) is 0 Å². The number of halogens is 1. The van der Waals surface area contributed by atoms with Crippen LogP contribution in [0.15, 0.2) is 0 Å². The predicted octanol–water partition coefficient (Wildman–Crippen LogP) is -5.04. The normalized spacial score (nSPS) is 8.57. The molecule has 1 N–H and O–H groups in total. The Kier molecular flexibility index (Phi) is 12.9. The van der Waals surface area contributed by atoms with Crippen molar-refractivity contribution in [3.05, 3.63) is 0 Å². The SMILES string of the molecule is [Cr].[O-][Cl+3]([O-])([O-])O.[PbH2]. The molecule has 0 aromatic heterocycles. The number of hydrogen-bond acceptors (Lipinski definition) is 4. The van der Waals surface area contributed by atoms with Crippen molar-refractivity contribution in [3.8, 4) is 0 Å². The molecule has 0 unspecified atom stereocenters. The molecule has 0 aromatic rings. The Morgan fingerprint density at radius 3 is 1.14 bits per heavy atom. The monoisotopic (exact) mass is 362 g/mol. The van der Waals surface area contributed by atoms with Gasteiger partial charge in [-0.1, -0.05) is 0 Å². The average Bonchev–Trinajstić information content (AvgIpc) is 0.722. The number of hydrogen-bond donors (Lipinski definition) is 1. The van der Waals surface area contributed by atoms with E-state index in [9.17, 15) is 0 Å². The minimum atomic E-state index is -4.69. The first-order chi connectivity index (χ1) is 2.00. The van der Waals surface area contributed by atoms with E-state index in [-0.39, 0.29) is 44.7 Å². The molecule has 7 heteroatoms. The van der Waals surface area contributed by atoms with Crippen molar-refractivity contribution in [2.24, 2.45) is 0 Å². The Morgan fingerprint density at radius 2 is 1.14 bits per heavy atom. The molecule has 0 aromatic carbocycles. The average molecular weight is 362 g/mol. The van der Waals surface area contributed by atoms with Crippen LogP contribution in [-0.2, 0) is 17.4 Å². The Morgan fingerprint density at radius 1 is 1.14 bits per heavy atom. The van der Waals surface area contributed by atoms with Crippen LogP contribution in [0, 0.1) is 10.2 Å². The standard InChI is InChI=1S/ClHO4.Cr.Pb.2H/c2-1(3,4)5;;;;/h(H,2,3,4,5);;;;. The van der Waals surface area contributed by atoms with Gasteiger partial charge in [-0.25, -0.2) is 0 Å². The molecule has 0 fully saturated rings. The van der Waals surface area contributed by atoms with Gasteiger partial charge in [-0.15, -0.1) is 0 Å². The van der Waals surface area contributed by atoms with Crippen LogP contribution in [0.1, 0.15) is 0 Å². The Bertz CT molecular complexity index is 27.2. The zero-order valence-electron chi connectivity index (χ0n) is 3.17. The van der Waals surface area contributed by atoms with Crippen LogP contribution in [0.2, 0.25) is 0 Å². The van der Waals surface area contributed by atoms with Gasteiger partial charge in [0.2, 0.25) is 0 Å². The summed E-state index contributed by atoms with van der Waals surface area (Å²) in [5, 5.41) is 0. The van der Waals surface area contributed by atoms with Gasteiger partial charge < -0.3 is 0 Å². The summed E-state index contributed by atoms with van der Waals surface area (Å²) in [5.74, 6) is 0. The second-order valence-electron chi connectivity index (χ2n) is 0.396. The molecule has 0 aliphatic rings. The fraction of sp³-hybridized carbons (Fsp3) is 0. The zero-order chi connectivity index (χ0) is 4.50. The van der Waals surface area contributed by atoms with Gasteiger partial charge in [0, 0.05) is 17.4 Å². The summed E-state index contributed by atoms with van der Waals surface area (Å²) in [5.41, 5.74) is 0. The maximum atomic E-state index is 8.60. The third-order valence-electron chi connectivity index (χ3n) is 0. The third kappa shape index (κ3) is 94.2. The fourth-order valence-electron chi connectivity index (χ4n) is 0. The van der Waals surface area contributed by atoms with Crippen LogP contribution in [0.4, 0.5) is 0 Å². The van der Waals surface area contributed by atoms with Gasteiger partial charge in [0.05, 0.1) is 14.9 Å². The molecule has 2 radical (unpaired) electrons. The van der Waals surface area contributed by atoms with Crippen molar-refractivity contribution in [3.63, 3.8) is 0 Å². The van der Waals surface area contributed by atoms with Crippen molar-refractivity contribution < 1.29 is 46.2 Å². The van der Waals surface area contributed by atoms with E-state index in [4.69, 9.17) is 18.6 Å². The molecule has 44 valence electrons.